The van der Waals surface area contributed by atoms with E-state index >= 15 is 0 Å². The van der Waals surface area contributed by atoms with Crippen LogP contribution in [0.2, 0.25) is 0 Å². The van der Waals surface area contributed by atoms with Gasteiger partial charge in [-0.25, -0.2) is 29.0 Å². The number of benzene rings is 2. The minimum atomic E-state index is -1.07. The topological polar surface area (TPSA) is 146 Å². The SMILES string of the molecule is CCCCCCCCCCC(C)OC(=O)c1ccccc1N(C(=O)CC(=O)N(C(=O)OC(C)CCCCCCCCCC)c1ccccc1C(=O)OC(C)CCCCCCCCCC)C(=O)OC(C)CCCCCCCCCC. The van der Waals surface area contributed by atoms with Crippen molar-refractivity contribution in [3.63, 3.8) is 0 Å². The summed E-state index contributed by atoms with van der Waals surface area (Å²) in [4.78, 5) is 88.3. The van der Waals surface area contributed by atoms with E-state index in [9.17, 15) is 28.8 Å². The smallest absolute Gasteiger partial charge is 0.421 e. The van der Waals surface area contributed by atoms with Gasteiger partial charge in [0.15, 0.2) is 0 Å². The van der Waals surface area contributed by atoms with Crippen LogP contribution in [0.5, 0.6) is 0 Å². The highest BCUT2D eigenvalue weighted by Crippen LogP contribution is 2.29. The summed E-state index contributed by atoms with van der Waals surface area (Å²) >= 11 is 0. The Hall–Kier alpha value is -4.74. The summed E-state index contributed by atoms with van der Waals surface area (Å²) in [5, 5.41) is 0. The molecule has 0 heterocycles. The number of esters is 2. The fourth-order valence-corrected chi connectivity index (χ4v) is 10.1. The average Bonchev–Trinajstić information content (AvgIpc) is 3.41. The molecule has 0 N–H and O–H groups in total. The molecule has 4 atom stereocenters. The molecule has 0 saturated carbocycles. The monoisotopic (exact) mass is 1100 g/mol. The minimum Gasteiger partial charge on any atom is -0.459 e. The van der Waals surface area contributed by atoms with E-state index in [0.29, 0.717) is 35.5 Å². The van der Waals surface area contributed by atoms with Gasteiger partial charge < -0.3 is 18.9 Å². The third kappa shape index (κ3) is 31.2. The number of para-hydroxylation sites is 2. The number of unbranched alkanes of at least 4 members (excludes halogenated alkanes) is 28. The van der Waals surface area contributed by atoms with Crippen molar-refractivity contribution in [3.8, 4) is 0 Å². The Bertz CT molecular complexity index is 1830. The lowest BCUT2D eigenvalue weighted by molar-refractivity contribution is -0.126. The zero-order chi connectivity index (χ0) is 57.9. The normalized spacial score (nSPS) is 12.8. The van der Waals surface area contributed by atoms with Gasteiger partial charge in [-0.3, -0.25) is 9.59 Å². The molecule has 0 bridgehead atoms. The largest absolute Gasteiger partial charge is 0.459 e. The first kappa shape index (κ1) is 70.4. The maximum Gasteiger partial charge on any atom is 0.421 e. The molecule has 2 rings (SSSR count). The molecular formula is C67H110N2O10. The van der Waals surface area contributed by atoms with E-state index in [1.54, 1.807) is 38.1 Å². The van der Waals surface area contributed by atoms with Gasteiger partial charge in [-0.2, -0.15) is 0 Å². The fourth-order valence-electron chi connectivity index (χ4n) is 10.1. The van der Waals surface area contributed by atoms with Crippen LogP contribution in [-0.2, 0) is 28.5 Å². The summed E-state index contributed by atoms with van der Waals surface area (Å²) in [5.74, 6) is -3.56. The van der Waals surface area contributed by atoms with E-state index in [2.05, 4.69) is 27.7 Å². The fraction of sp³-hybridized carbons (Fsp3) is 0.731. The van der Waals surface area contributed by atoms with E-state index in [-0.39, 0.29) is 22.5 Å². The molecule has 0 aliphatic heterocycles. The van der Waals surface area contributed by atoms with Crippen molar-refractivity contribution in [1.29, 1.82) is 0 Å². The first-order valence-corrected chi connectivity index (χ1v) is 32.0. The number of hydrogen-bond donors (Lipinski definition) is 0. The number of anilines is 2. The van der Waals surface area contributed by atoms with Crippen LogP contribution in [0.25, 0.3) is 0 Å². The van der Waals surface area contributed by atoms with Crippen LogP contribution >= 0.6 is 0 Å². The molecule has 79 heavy (non-hydrogen) atoms. The predicted octanol–water partition coefficient (Wildman–Crippen LogP) is 19.7. The number of imide groups is 2. The van der Waals surface area contributed by atoms with Crippen molar-refractivity contribution < 1.29 is 47.7 Å². The van der Waals surface area contributed by atoms with E-state index < -0.39 is 66.8 Å². The Balaban J connectivity index is 2.48. The van der Waals surface area contributed by atoms with Crippen molar-refractivity contribution in [1.82, 2.24) is 0 Å². The summed E-state index contributed by atoms with van der Waals surface area (Å²) < 4.78 is 23.8. The standard InChI is InChI=1S/C67H110N2O10/c1-9-13-17-21-25-29-33-37-45-54(5)76-64(72)58-49-41-43-51-60(58)68(66(74)78-56(7)47-39-35-31-27-23-19-15-11-3)62(70)53-63(71)69(67(75)79-57(8)48-40-36-32-28-24-20-16-12-4)61-52-44-42-50-59(61)65(73)77-55(6)46-38-34-30-26-22-18-14-10-2/h41-44,49-52,54-57H,9-40,45-48,53H2,1-8H3. The van der Waals surface area contributed by atoms with E-state index in [1.165, 1.54) is 140 Å². The zero-order valence-corrected chi connectivity index (χ0v) is 51.1. The van der Waals surface area contributed by atoms with Crippen LogP contribution in [0.15, 0.2) is 48.5 Å². The molecule has 4 unspecified atom stereocenters. The molecule has 12 heteroatoms. The second kappa shape index (κ2) is 44.9. The number of carbonyl (C=O) groups is 6. The molecule has 4 amide bonds. The molecule has 448 valence electrons. The molecule has 2 aromatic carbocycles. The number of ether oxygens (including phenoxy) is 4. The maximum absolute atomic E-state index is 14.9. The van der Waals surface area contributed by atoms with Gasteiger partial charge in [-0.1, -0.05) is 232 Å². The number of nitrogens with zero attached hydrogens (tertiary/aromatic N) is 2. The van der Waals surface area contributed by atoms with Crippen molar-refractivity contribution >= 4 is 47.3 Å². The Labute approximate surface area is 480 Å². The number of hydrogen-bond acceptors (Lipinski definition) is 10. The lowest BCUT2D eigenvalue weighted by Crippen LogP contribution is -2.45. The van der Waals surface area contributed by atoms with Crippen molar-refractivity contribution in [3.05, 3.63) is 59.7 Å². The van der Waals surface area contributed by atoms with Gasteiger partial charge in [-0.15, -0.1) is 0 Å². The lowest BCUT2D eigenvalue weighted by Gasteiger charge is -2.27. The molecule has 0 aliphatic rings. The maximum atomic E-state index is 14.9. The lowest BCUT2D eigenvalue weighted by atomic mass is 10.1. The van der Waals surface area contributed by atoms with E-state index in [0.717, 1.165) is 89.9 Å². The third-order valence-corrected chi connectivity index (χ3v) is 15.0. The highest BCUT2D eigenvalue weighted by molar-refractivity contribution is 6.25. The van der Waals surface area contributed by atoms with Crippen LogP contribution < -0.4 is 9.80 Å². The Morgan fingerprint density at radius 2 is 0.557 bits per heavy atom. The zero-order valence-electron chi connectivity index (χ0n) is 51.1. The molecule has 0 fully saturated rings. The number of amides is 4. The van der Waals surface area contributed by atoms with Gasteiger partial charge in [0.2, 0.25) is 11.8 Å². The van der Waals surface area contributed by atoms with E-state index in [4.69, 9.17) is 18.9 Å². The first-order valence-electron chi connectivity index (χ1n) is 32.0. The third-order valence-electron chi connectivity index (χ3n) is 15.0. The number of carbonyl (C=O) groups excluding carboxylic acids is 6. The summed E-state index contributed by atoms with van der Waals surface area (Å²) in [5.41, 5.74) is -0.342. The highest BCUT2D eigenvalue weighted by atomic mass is 16.6. The summed E-state index contributed by atoms with van der Waals surface area (Å²) in [7, 11) is 0. The Morgan fingerprint density at radius 3 is 0.823 bits per heavy atom. The Kier molecular flexibility index (Phi) is 40.0. The van der Waals surface area contributed by atoms with Crippen LogP contribution in [0, 0.1) is 0 Å². The molecule has 0 aliphatic carbocycles. The molecule has 0 saturated heterocycles. The molecule has 2 aromatic rings. The van der Waals surface area contributed by atoms with Crippen molar-refractivity contribution in [2.24, 2.45) is 0 Å². The molecule has 0 radical (unpaired) electrons. The average molecular weight is 1100 g/mol. The molecule has 0 aromatic heterocycles. The van der Waals surface area contributed by atoms with Gasteiger partial charge in [0.25, 0.3) is 0 Å². The minimum absolute atomic E-state index is 0.0565. The highest BCUT2D eigenvalue weighted by Gasteiger charge is 2.37. The summed E-state index contributed by atoms with van der Waals surface area (Å²) in [6, 6.07) is 12.3. The summed E-state index contributed by atoms with van der Waals surface area (Å²) in [6.45, 7) is 16.0. The molecular weight excluding hydrogens is 993 g/mol. The number of rotatable bonds is 46. The molecule has 12 nitrogen and oxygen atoms in total. The van der Waals surface area contributed by atoms with Crippen LogP contribution in [0.4, 0.5) is 21.0 Å². The van der Waals surface area contributed by atoms with Gasteiger partial charge in [-0.05, 0) is 103 Å². The van der Waals surface area contributed by atoms with Crippen molar-refractivity contribution in [2.75, 3.05) is 9.80 Å². The summed E-state index contributed by atoms with van der Waals surface area (Å²) in [6.07, 6.45) is 33.0. The second-order valence-electron chi connectivity index (χ2n) is 22.5. The van der Waals surface area contributed by atoms with Crippen LogP contribution in [-0.4, -0.2) is 60.4 Å². The predicted molar refractivity (Wildman–Crippen MR) is 323 cm³/mol. The van der Waals surface area contributed by atoms with Crippen LogP contribution in [0.3, 0.4) is 0 Å². The Morgan fingerprint density at radius 1 is 0.329 bits per heavy atom. The van der Waals surface area contributed by atoms with Gasteiger partial charge in [0.05, 0.1) is 34.7 Å². The van der Waals surface area contributed by atoms with E-state index in [1.807, 2.05) is 13.8 Å². The van der Waals surface area contributed by atoms with Crippen molar-refractivity contribution in [2.45, 2.75) is 317 Å². The van der Waals surface area contributed by atoms with Gasteiger partial charge >= 0.3 is 24.1 Å². The first-order chi connectivity index (χ1) is 38.3. The quantitative estimate of drug-likeness (QED) is 0.0272. The van der Waals surface area contributed by atoms with Gasteiger partial charge in [0, 0.05) is 0 Å². The van der Waals surface area contributed by atoms with Crippen LogP contribution in [0.1, 0.15) is 314 Å². The van der Waals surface area contributed by atoms with Gasteiger partial charge in [0.1, 0.15) is 18.6 Å². The second-order valence-corrected chi connectivity index (χ2v) is 22.5. The molecule has 0 spiro atoms.